The minimum Gasteiger partial charge on any atom is -0.456 e. The zero-order chi connectivity index (χ0) is 52.4. The average molecular weight is 1060 g/mol. The highest BCUT2D eigenvalue weighted by molar-refractivity contribution is 7.25. The summed E-state index contributed by atoms with van der Waals surface area (Å²) in [6, 6.07) is 56.9. The van der Waals surface area contributed by atoms with Gasteiger partial charge in [-0.3, -0.25) is 0 Å². The lowest BCUT2D eigenvalue weighted by atomic mass is 9.92. The van der Waals surface area contributed by atoms with Crippen molar-refractivity contribution in [3.05, 3.63) is 180 Å². The monoisotopic (exact) mass is 1050 g/mol. The van der Waals surface area contributed by atoms with Crippen LogP contribution in [-0.2, 0) is 25.7 Å². The van der Waals surface area contributed by atoms with Gasteiger partial charge in [-0.15, -0.1) is 22.7 Å². The quantitative estimate of drug-likeness (QED) is 0.0912. The zero-order valence-electron chi connectivity index (χ0n) is 44.9. The van der Waals surface area contributed by atoms with E-state index >= 15 is 0 Å². The van der Waals surface area contributed by atoms with Crippen LogP contribution in [0.2, 0.25) is 0 Å². The number of fused-ring (bicyclic) bond motifs is 12. The Labute approximate surface area is 462 Å². The molecule has 6 aromatic heterocycles. The van der Waals surface area contributed by atoms with Gasteiger partial charge in [0, 0.05) is 62.6 Å². The summed E-state index contributed by atoms with van der Waals surface area (Å²) < 4.78 is 26.6. The van der Waals surface area contributed by atoms with Gasteiger partial charge in [-0.2, -0.15) is 0 Å². The SMILES string of the molecule is CCCCc1c(-c2ccc3oc4cc5c(cc4c3c2)oc2ccc(-c3ccccc3)cc25)sc(-c2sc(-c3ccc4oc5cc6c(cc5c4c3)oc3ccc(-c4ccccc4)cc36)c(CCCC)c2CCCC)c1CCCC. The van der Waals surface area contributed by atoms with Gasteiger partial charge in [0.15, 0.2) is 0 Å². The Balaban J connectivity index is 0.905. The third kappa shape index (κ3) is 8.38. The van der Waals surface area contributed by atoms with E-state index < -0.39 is 0 Å². The summed E-state index contributed by atoms with van der Waals surface area (Å²) >= 11 is 4.09. The van der Waals surface area contributed by atoms with Crippen LogP contribution in [0.1, 0.15) is 101 Å². The largest absolute Gasteiger partial charge is 0.456 e. The molecule has 0 amide bonds. The van der Waals surface area contributed by atoms with E-state index in [1.807, 2.05) is 22.7 Å². The van der Waals surface area contributed by atoms with Gasteiger partial charge in [-0.05, 0) is 192 Å². The third-order valence-corrected chi connectivity index (χ3v) is 19.2. The van der Waals surface area contributed by atoms with Crippen LogP contribution in [0.15, 0.2) is 175 Å². The standard InChI is InChI=1S/C72H62O4S2/c1-5-9-23-49-51(25-11-7-3)71(77-69(49)47-29-33-63-55(37-47)59-41-65-57(39-67(59)75-63)53-35-45(27-31-61(53)73-65)43-19-15-13-16-20-43)72-52(26-12-8-4)50(24-10-6-2)70(78-72)48-30-34-64-56(38-48)60-42-66-58(40-68(60)76-64)54-36-46(28-32-62(54)74-66)44-21-17-14-18-22-44/h13-22,27-42H,5-12,23-26H2,1-4H3. The van der Waals surface area contributed by atoms with Crippen LogP contribution in [-0.4, -0.2) is 0 Å². The molecule has 14 rings (SSSR count). The topological polar surface area (TPSA) is 52.6 Å². The molecular formula is C72H62O4S2. The van der Waals surface area contributed by atoms with Crippen molar-refractivity contribution < 1.29 is 17.7 Å². The summed E-state index contributed by atoms with van der Waals surface area (Å²) in [6.07, 6.45) is 13.5. The summed E-state index contributed by atoms with van der Waals surface area (Å²) in [5.41, 5.74) is 20.6. The van der Waals surface area contributed by atoms with E-state index in [1.165, 1.54) is 64.0 Å². The lowest BCUT2D eigenvalue weighted by molar-refractivity contribution is 0.664. The normalized spacial score (nSPS) is 12.2. The molecule has 4 nitrogen and oxygen atoms in total. The van der Waals surface area contributed by atoms with Crippen LogP contribution in [0.25, 0.3) is 141 Å². The van der Waals surface area contributed by atoms with Crippen LogP contribution in [0.5, 0.6) is 0 Å². The molecule has 0 atom stereocenters. The highest BCUT2D eigenvalue weighted by Crippen LogP contribution is 2.52. The van der Waals surface area contributed by atoms with E-state index in [9.17, 15) is 0 Å². The summed E-state index contributed by atoms with van der Waals surface area (Å²) in [6.45, 7) is 9.35. The van der Waals surface area contributed by atoms with Crippen LogP contribution >= 0.6 is 22.7 Å². The lowest BCUT2D eigenvalue weighted by Crippen LogP contribution is -1.97. The van der Waals surface area contributed by atoms with Crippen LogP contribution in [0, 0.1) is 0 Å². The maximum atomic E-state index is 6.72. The van der Waals surface area contributed by atoms with E-state index in [0.29, 0.717) is 0 Å². The van der Waals surface area contributed by atoms with Crippen molar-refractivity contribution in [2.45, 2.75) is 105 Å². The lowest BCUT2D eigenvalue weighted by Gasteiger charge is -2.11. The molecule has 0 aliphatic heterocycles. The molecule has 8 aromatic carbocycles. The van der Waals surface area contributed by atoms with Crippen LogP contribution < -0.4 is 0 Å². The minimum absolute atomic E-state index is 0.883. The van der Waals surface area contributed by atoms with Crippen molar-refractivity contribution in [1.29, 1.82) is 0 Å². The number of hydrogen-bond acceptors (Lipinski definition) is 6. The molecule has 0 saturated carbocycles. The first-order chi connectivity index (χ1) is 38.5. The maximum absolute atomic E-state index is 6.72. The zero-order valence-corrected chi connectivity index (χ0v) is 46.6. The molecule has 0 bridgehead atoms. The second kappa shape index (κ2) is 20.3. The van der Waals surface area contributed by atoms with Gasteiger partial charge in [0.25, 0.3) is 0 Å². The Hall–Kier alpha value is -7.64. The van der Waals surface area contributed by atoms with Gasteiger partial charge in [0.2, 0.25) is 0 Å². The molecule has 0 saturated heterocycles. The van der Waals surface area contributed by atoms with Crippen LogP contribution in [0.4, 0.5) is 0 Å². The number of thiophene rings is 2. The summed E-state index contributed by atoms with van der Waals surface area (Å²) in [5, 5.41) is 8.80. The summed E-state index contributed by atoms with van der Waals surface area (Å²) in [7, 11) is 0. The third-order valence-electron chi connectivity index (χ3n) is 16.4. The van der Waals surface area contributed by atoms with E-state index in [4.69, 9.17) is 17.7 Å². The summed E-state index contributed by atoms with van der Waals surface area (Å²) in [4.78, 5) is 5.78. The minimum atomic E-state index is 0.883. The number of unbranched alkanes of at least 4 members (excludes halogenated alkanes) is 4. The Morgan fingerprint density at radius 1 is 0.256 bits per heavy atom. The second-order valence-corrected chi connectivity index (χ2v) is 23.6. The van der Waals surface area contributed by atoms with Gasteiger partial charge in [0.1, 0.15) is 44.7 Å². The molecule has 386 valence electrons. The highest BCUT2D eigenvalue weighted by Gasteiger charge is 2.28. The molecule has 0 N–H and O–H groups in total. The van der Waals surface area contributed by atoms with Crippen LogP contribution in [0.3, 0.4) is 0 Å². The number of furan rings is 4. The molecule has 0 unspecified atom stereocenters. The van der Waals surface area contributed by atoms with E-state index in [-0.39, 0.29) is 0 Å². The Morgan fingerprint density at radius 3 is 0.833 bits per heavy atom. The second-order valence-electron chi connectivity index (χ2n) is 21.5. The fraction of sp³-hybridized carbons (Fsp3) is 0.222. The van der Waals surface area contributed by atoms with E-state index in [0.717, 1.165) is 165 Å². The first-order valence-electron chi connectivity index (χ1n) is 28.5. The average Bonchev–Trinajstić information content (AvgIpc) is 4.45. The van der Waals surface area contributed by atoms with Gasteiger partial charge >= 0.3 is 0 Å². The first kappa shape index (κ1) is 48.7. The van der Waals surface area contributed by atoms with Crippen molar-refractivity contribution in [3.8, 4) is 52.9 Å². The Morgan fingerprint density at radius 2 is 0.526 bits per heavy atom. The van der Waals surface area contributed by atoms with Crippen molar-refractivity contribution in [2.75, 3.05) is 0 Å². The molecule has 6 heterocycles. The first-order valence-corrected chi connectivity index (χ1v) is 30.2. The molecule has 0 aliphatic rings. The van der Waals surface area contributed by atoms with Gasteiger partial charge in [-0.1, -0.05) is 126 Å². The fourth-order valence-corrected chi connectivity index (χ4v) is 15.3. The highest BCUT2D eigenvalue weighted by atomic mass is 32.1. The molecular weight excluding hydrogens is 993 g/mol. The van der Waals surface area contributed by atoms with E-state index in [1.54, 1.807) is 11.1 Å². The van der Waals surface area contributed by atoms with Crippen molar-refractivity contribution in [3.63, 3.8) is 0 Å². The molecule has 6 heteroatoms. The molecule has 14 aromatic rings. The Bertz CT molecular complexity index is 4260. The smallest absolute Gasteiger partial charge is 0.136 e. The van der Waals surface area contributed by atoms with E-state index in [2.05, 4.69) is 185 Å². The van der Waals surface area contributed by atoms with Gasteiger partial charge < -0.3 is 17.7 Å². The van der Waals surface area contributed by atoms with Crippen molar-refractivity contribution in [2.24, 2.45) is 0 Å². The molecule has 0 radical (unpaired) electrons. The maximum Gasteiger partial charge on any atom is 0.136 e. The molecule has 0 aliphatic carbocycles. The molecule has 0 spiro atoms. The molecule has 78 heavy (non-hydrogen) atoms. The predicted molar refractivity (Wildman–Crippen MR) is 333 cm³/mol. The van der Waals surface area contributed by atoms with Crippen molar-refractivity contribution in [1.82, 2.24) is 0 Å². The summed E-state index contributed by atoms with van der Waals surface area (Å²) in [5.74, 6) is 0. The molecule has 0 fully saturated rings. The Kier molecular flexibility index (Phi) is 12.7. The fourth-order valence-electron chi connectivity index (χ4n) is 12.3. The van der Waals surface area contributed by atoms with Gasteiger partial charge in [-0.25, -0.2) is 0 Å². The predicted octanol–water partition coefficient (Wildman–Crippen LogP) is 23.1. The number of benzene rings is 8. The van der Waals surface area contributed by atoms with Gasteiger partial charge in [0.05, 0.1) is 0 Å². The number of rotatable bonds is 17. The number of hydrogen-bond donors (Lipinski definition) is 0. The van der Waals surface area contributed by atoms with Crippen molar-refractivity contribution >= 4 is 110 Å².